The third kappa shape index (κ3) is 8.89. The van der Waals surface area contributed by atoms with Gasteiger partial charge in [0.1, 0.15) is 5.75 Å². The van der Waals surface area contributed by atoms with Crippen molar-refractivity contribution in [3.8, 4) is 5.75 Å². The van der Waals surface area contributed by atoms with Crippen LogP contribution in [0.15, 0.2) is 48.5 Å². The molecule has 2 aromatic rings. The molecule has 0 spiro atoms. The van der Waals surface area contributed by atoms with Gasteiger partial charge in [-0.1, -0.05) is 20.8 Å². The zero-order chi connectivity index (χ0) is 24.4. The van der Waals surface area contributed by atoms with Crippen molar-refractivity contribution in [2.45, 2.75) is 46.6 Å². The Labute approximate surface area is 199 Å². The molecule has 0 saturated heterocycles. The van der Waals surface area contributed by atoms with Gasteiger partial charge in [0.15, 0.2) is 5.11 Å². The first-order chi connectivity index (χ1) is 15.7. The number of hydrogen-bond donors (Lipinski definition) is 4. The lowest BCUT2D eigenvalue weighted by Crippen LogP contribution is -2.48. The lowest BCUT2D eigenvalue weighted by Gasteiger charge is -2.13. The molecule has 176 valence electrons. The summed E-state index contributed by atoms with van der Waals surface area (Å²) in [7, 11) is 0. The fourth-order valence-electron chi connectivity index (χ4n) is 2.68. The number of hydrazine groups is 1. The van der Waals surface area contributed by atoms with Gasteiger partial charge in [-0.15, -0.1) is 0 Å². The SMILES string of the molecule is CCC(C)Oc1ccc(C(=O)NC(=S)NNC(=O)c2ccc(NC(=O)CC(C)C)cc2)cc1. The van der Waals surface area contributed by atoms with Crippen molar-refractivity contribution in [3.05, 3.63) is 59.7 Å². The molecule has 0 bridgehead atoms. The van der Waals surface area contributed by atoms with Crippen LogP contribution in [0.5, 0.6) is 5.75 Å². The van der Waals surface area contributed by atoms with Crippen LogP contribution in [0.25, 0.3) is 0 Å². The minimum absolute atomic E-state index is 0.0501. The number of nitrogens with one attached hydrogen (secondary N) is 4. The van der Waals surface area contributed by atoms with Gasteiger partial charge < -0.3 is 10.1 Å². The minimum Gasteiger partial charge on any atom is -0.491 e. The maximum Gasteiger partial charge on any atom is 0.269 e. The van der Waals surface area contributed by atoms with Crippen LogP contribution in [0.1, 0.15) is 61.3 Å². The number of rotatable bonds is 8. The Morgan fingerprint density at radius 2 is 1.45 bits per heavy atom. The largest absolute Gasteiger partial charge is 0.491 e. The van der Waals surface area contributed by atoms with Crippen LogP contribution in [-0.4, -0.2) is 28.9 Å². The predicted molar refractivity (Wildman–Crippen MR) is 132 cm³/mol. The number of carbonyl (C=O) groups is 3. The molecule has 0 radical (unpaired) electrons. The van der Waals surface area contributed by atoms with Gasteiger partial charge >= 0.3 is 0 Å². The molecule has 33 heavy (non-hydrogen) atoms. The van der Waals surface area contributed by atoms with Crippen LogP contribution in [0, 0.1) is 5.92 Å². The maximum absolute atomic E-state index is 12.3. The van der Waals surface area contributed by atoms with E-state index in [2.05, 4.69) is 21.5 Å². The maximum atomic E-state index is 12.3. The fourth-order valence-corrected chi connectivity index (χ4v) is 2.82. The lowest BCUT2D eigenvalue weighted by molar-refractivity contribution is -0.116. The summed E-state index contributed by atoms with van der Waals surface area (Å²) in [6.07, 6.45) is 1.39. The Kier molecular flexibility index (Phi) is 9.81. The summed E-state index contributed by atoms with van der Waals surface area (Å²) in [6, 6.07) is 13.1. The number of hydrogen-bond acceptors (Lipinski definition) is 5. The molecule has 3 amide bonds. The van der Waals surface area contributed by atoms with E-state index in [0.717, 1.165) is 6.42 Å². The van der Waals surface area contributed by atoms with Crippen molar-refractivity contribution >= 4 is 40.7 Å². The van der Waals surface area contributed by atoms with Crippen LogP contribution in [-0.2, 0) is 4.79 Å². The number of amides is 3. The smallest absolute Gasteiger partial charge is 0.269 e. The predicted octanol–water partition coefficient (Wildman–Crippen LogP) is 3.80. The van der Waals surface area contributed by atoms with Crippen molar-refractivity contribution < 1.29 is 19.1 Å². The average molecular weight is 471 g/mol. The minimum atomic E-state index is -0.446. The molecular weight excluding hydrogens is 440 g/mol. The first-order valence-electron chi connectivity index (χ1n) is 10.8. The third-order valence-corrected chi connectivity index (χ3v) is 4.77. The topological polar surface area (TPSA) is 109 Å². The number of benzene rings is 2. The zero-order valence-electron chi connectivity index (χ0n) is 19.2. The molecule has 0 aromatic heterocycles. The molecule has 0 heterocycles. The number of carbonyl (C=O) groups excluding carboxylic acids is 3. The molecule has 0 aliphatic carbocycles. The first kappa shape index (κ1) is 25.8. The highest BCUT2D eigenvalue weighted by atomic mass is 32.1. The van der Waals surface area contributed by atoms with Gasteiger partial charge in [0.05, 0.1) is 6.10 Å². The van der Waals surface area contributed by atoms with Crippen molar-refractivity contribution in [3.63, 3.8) is 0 Å². The highest BCUT2D eigenvalue weighted by molar-refractivity contribution is 7.80. The summed E-state index contributed by atoms with van der Waals surface area (Å²) in [6.45, 7) is 7.93. The third-order valence-electron chi connectivity index (χ3n) is 4.57. The van der Waals surface area contributed by atoms with Crippen LogP contribution in [0.4, 0.5) is 5.69 Å². The Balaban J connectivity index is 1.81. The molecule has 2 rings (SSSR count). The molecule has 9 heteroatoms. The molecule has 1 atom stereocenters. The summed E-state index contributed by atoms with van der Waals surface area (Å²) >= 11 is 5.07. The number of thiocarbonyl (C=S) groups is 1. The second kappa shape index (κ2) is 12.5. The Morgan fingerprint density at radius 1 is 0.879 bits per heavy atom. The van der Waals surface area contributed by atoms with Crippen molar-refractivity contribution in [1.82, 2.24) is 16.2 Å². The van der Waals surface area contributed by atoms with Gasteiger partial charge in [0, 0.05) is 23.2 Å². The van der Waals surface area contributed by atoms with Gasteiger partial charge in [-0.25, -0.2) is 0 Å². The zero-order valence-corrected chi connectivity index (χ0v) is 20.0. The van der Waals surface area contributed by atoms with E-state index >= 15 is 0 Å². The van der Waals surface area contributed by atoms with E-state index in [1.807, 2.05) is 27.7 Å². The lowest BCUT2D eigenvalue weighted by atomic mass is 10.1. The van der Waals surface area contributed by atoms with E-state index in [9.17, 15) is 14.4 Å². The van der Waals surface area contributed by atoms with E-state index in [1.165, 1.54) is 0 Å². The van der Waals surface area contributed by atoms with Gasteiger partial charge in [0.25, 0.3) is 11.8 Å². The Hall–Kier alpha value is -3.46. The quantitative estimate of drug-likeness (QED) is 0.345. The molecule has 0 fully saturated rings. The standard InChI is InChI=1S/C24H30N4O4S/c1-5-16(4)32-20-12-8-17(9-13-20)22(30)26-24(33)28-27-23(31)18-6-10-19(11-7-18)25-21(29)14-15(2)3/h6-13,15-16H,5,14H2,1-4H3,(H,25,29)(H,27,31)(H2,26,28,30,33). The average Bonchev–Trinajstić information content (AvgIpc) is 2.77. The Bertz CT molecular complexity index is 975. The summed E-state index contributed by atoms with van der Waals surface area (Å²) in [5.74, 6) is -0.00741. The van der Waals surface area contributed by atoms with Crippen molar-refractivity contribution in [2.75, 3.05) is 5.32 Å². The van der Waals surface area contributed by atoms with Crippen LogP contribution in [0.2, 0.25) is 0 Å². The van der Waals surface area contributed by atoms with Gasteiger partial charge in [-0.2, -0.15) is 0 Å². The number of anilines is 1. The number of ether oxygens (including phenoxy) is 1. The second-order valence-corrected chi connectivity index (χ2v) is 8.36. The molecular formula is C24H30N4O4S. The molecule has 8 nitrogen and oxygen atoms in total. The van der Waals surface area contributed by atoms with Crippen LogP contribution >= 0.6 is 12.2 Å². The summed E-state index contributed by atoms with van der Waals surface area (Å²) < 4.78 is 5.69. The molecule has 0 aliphatic rings. The normalized spacial score (nSPS) is 11.3. The molecule has 1 unspecified atom stereocenters. The van der Waals surface area contributed by atoms with Gasteiger partial charge in [-0.05, 0) is 80.0 Å². The Morgan fingerprint density at radius 3 is 2.03 bits per heavy atom. The fraction of sp³-hybridized carbons (Fsp3) is 0.333. The van der Waals surface area contributed by atoms with Gasteiger partial charge in [0.2, 0.25) is 5.91 Å². The van der Waals surface area contributed by atoms with E-state index < -0.39 is 11.8 Å². The monoisotopic (exact) mass is 470 g/mol. The molecule has 4 N–H and O–H groups in total. The summed E-state index contributed by atoms with van der Waals surface area (Å²) in [5.41, 5.74) is 6.29. The second-order valence-electron chi connectivity index (χ2n) is 7.95. The van der Waals surface area contributed by atoms with E-state index in [4.69, 9.17) is 17.0 Å². The van der Waals surface area contributed by atoms with Crippen molar-refractivity contribution in [2.24, 2.45) is 5.92 Å². The van der Waals surface area contributed by atoms with E-state index in [1.54, 1.807) is 48.5 Å². The van der Waals surface area contributed by atoms with Crippen LogP contribution < -0.4 is 26.2 Å². The highest BCUT2D eigenvalue weighted by Crippen LogP contribution is 2.15. The molecule has 0 aliphatic heterocycles. The summed E-state index contributed by atoms with van der Waals surface area (Å²) in [4.78, 5) is 36.4. The first-order valence-corrected chi connectivity index (χ1v) is 11.2. The highest BCUT2D eigenvalue weighted by Gasteiger charge is 2.11. The molecule has 0 saturated carbocycles. The van der Waals surface area contributed by atoms with Crippen molar-refractivity contribution in [1.29, 1.82) is 0 Å². The summed E-state index contributed by atoms with van der Waals surface area (Å²) in [5, 5.41) is 5.23. The molecule has 2 aromatic carbocycles. The van der Waals surface area contributed by atoms with E-state index in [0.29, 0.717) is 29.0 Å². The van der Waals surface area contributed by atoms with Gasteiger partial charge in [-0.3, -0.25) is 30.6 Å². The van der Waals surface area contributed by atoms with Crippen LogP contribution in [0.3, 0.4) is 0 Å². The van der Waals surface area contributed by atoms with E-state index in [-0.39, 0.29) is 23.0 Å².